The number of halogens is 1. The average molecular weight is 344 g/mol. The van der Waals surface area contributed by atoms with Crippen LogP contribution in [0.1, 0.15) is 44.7 Å². The molecule has 0 aliphatic rings. The third-order valence-electron chi connectivity index (χ3n) is 4.00. The molecule has 130 valence electrons. The van der Waals surface area contributed by atoms with Crippen molar-refractivity contribution in [1.29, 1.82) is 0 Å². The summed E-state index contributed by atoms with van der Waals surface area (Å²) in [6.45, 7) is 5.99. The van der Waals surface area contributed by atoms with Crippen LogP contribution >= 0.6 is 0 Å². The summed E-state index contributed by atoms with van der Waals surface area (Å²) in [5.74, 6) is -0.653. The number of carbonyl (C=O) groups excluding carboxylic acids is 1. The van der Waals surface area contributed by atoms with Crippen LogP contribution in [0.2, 0.25) is 0 Å². The second-order valence-corrected chi connectivity index (χ2v) is 8.20. The maximum absolute atomic E-state index is 13.4. The van der Waals surface area contributed by atoms with Gasteiger partial charge in [-0.15, -0.1) is 0 Å². The molecule has 0 heterocycles. The zero-order chi connectivity index (χ0) is 17.7. The van der Waals surface area contributed by atoms with E-state index in [1.165, 1.54) is 18.2 Å². The summed E-state index contributed by atoms with van der Waals surface area (Å²) >= 11 is 0. The van der Waals surface area contributed by atoms with Crippen molar-refractivity contribution >= 4 is 15.9 Å². The number of hydrogen-bond acceptors (Lipinski definition) is 3. The molecule has 0 fully saturated rings. The van der Waals surface area contributed by atoms with E-state index in [4.69, 9.17) is 0 Å². The predicted molar refractivity (Wildman–Crippen MR) is 89.3 cm³/mol. The molecule has 1 aromatic rings. The van der Waals surface area contributed by atoms with Gasteiger partial charge in [0.25, 0.3) is 0 Å². The molecule has 0 saturated carbocycles. The Morgan fingerprint density at radius 1 is 1.22 bits per heavy atom. The number of urea groups is 1. The van der Waals surface area contributed by atoms with Crippen molar-refractivity contribution in [3.63, 3.8) is 0 Å². The average Bonchev–Trinajstić information content (AvgIpc) is 2.46. The van der Waals surface area contributed by atoms with Crippen LogP contribution in [0.5, 0.6) is 0 Å². The lowest BCUT2D eigenvalue weighted by Gasteiger charge is -2.28. The van der Waals surface area contributed by atoms with Gasteiger partial charge in [0.2, 0.25) is 0 Å². The van der Waals surface area contributed by atoms with Gasteiger partial charge in [-0.25, -0.2) is 17.6 Å². The lowest BCUT2D eigenvalue weighted by atomic mass is 9.96. The first kappa shape index (κ1) is 19.4. The number of hydrogen-bond donors (Lipinski definition) is 2. The smallest absolute Gasteiger partial charge is 0.315 e. The third-order valence-corrected chi connectivity index (χ3v) is 4.84. The standard InChI is InChI=1S/C16H25FN2O3S/c1-5-16(3,6-2)19-15(20)18-10-13-9-14(17)8-7-12(13)11-23(4,21)22/h7-9H,5-6,10-11H2,1-4H3,(H2,18,19,20). The lowest BCUT2D eigenvalue weighted by molar-refractivity contribution is 0.224. The van der Waals surface area contributed by atoms with E-state index >= 15 is 0 Å². The lowest BCUT2D eigenvalue weighted by Crippen LogP contribution is -2.49. The zero-order valence-corrected chi connectivity index (χ0v) is 14.9. The van der Waals surface area contributed by atoms with Crippen LogP contribution in [-0.4, -0.2) is 26.2 Å². The Hall–Kier alpha value is -1.63. The molecule has 0 unspecified atom stereocenters. The minimum atomic E-state index is -3.24. The fourth-order valence-electron chi connectivity index (χ4n) is 2.10. The number of nitrogens with one attached hydrogen (secondary N) is 2. The minimum Gasteiger partial charge on any atom is -0.334 e. The van der Waals surface area contributed by atoms with E-state index in [0.29, 0.717) is 11.1 Å². The SMILES string of the molecule is CCC(C)(CC)NC(=O)NCc1cc(F)ccc1CS(C)(=O)=O. The Labute approximate surface area is 137 Å². The first-order valence-corrected chi connectivity index (χ1v) is 9.65. The van der Waals surface area contributed by atoms with Gasteiger partial charge in [0.05, 0.1) is 5.75 Å². The van der Waals surface area contributed by atoms with Crippen LogP contribution in [0.25, 0.3) is 0 Å². The second kappa shape index (κ2) is 7.77. The van der Waals surface area contributed by atoms with E-state index < -0.39 is 15.7 Å². The molecule has 0 aromatic heterocycles. The first-order chi connectivity index (χ1) is 10.6. The largest absolute Gasteiger partial charge is 0.334 e. The molecule has 0 spiro atoms. The summed E-state index contributed by atoms with van der Waals surface area (Å²) in [6, 6.07) is 3.55. The highest BCUT2D eigenvalue weighted by molar-refractivity contribution is 7.89. The molecular formula is C16H25FN2O3S. The summed E-state index contributed by atoms with van der Waals surface area (Å²) in [7, 11) is -3.24. The highest BCUT2D eigenvalue weighted by Crippen LogP contribution is 2.15. The van der Waals surface area contributed by atoms with Crippen molar-refractivity contribution in [3.05, 3.63) is 35.1 Å². The van der Waals surface area contributed by atoms with Crippen molar-refractivity contribution in [2.45, 2.75) is 51.4 Å². The van der Waals surface area contributed by atoms with Crippen molar-refractivity contribution in [1.82, 2.24) is 10.6 Å². The van der Waals surface area contributed by atoms with Gasteiger partial charge >= 0.3 is 6.03 Å². The molecule has 2 N–H and O–H groups in total. The maximum atomic E-state index is 13.4. The molecule has 1 rings (SSSR count). The number of amides is 2. The Balaban J connectivity index is 2.81. The highest BCUT2D eigenvalue weighted by atomic mass is 32.2. The summed E-state index contributed by atoms with van der Waals surface area (Å²) in [6.07, 6.45) is 2.70. The molecule has 0 aliphatic carbocycles. The van der Waals surface area contributed by atoms with E-state index in [2.05, 4.69) is 10.6 Å². The molecule has 2 amide bonds. The number of rotatable bonds is 7. The van der Waals surface area contributed by atoms with Gasteiger partial charge in [-0.3, -0.25) is 0 Å². The van der Waals surface area contributed by atoms with E-state index in [0.717, 1.165) is 19.1 Å². The molecule has 5 nitrogen and oxygen atoms in total. The molecule has 0 radical (unpaired) electrons. The van der Waals surface area contributed by atoms with Crippen molar-refractivity contribution < 1.29 is 17.6 Å². The highest BCUT2D eigenvalue weighted by Gasteiger charge is 2.21. The molecule has 23 heavy (non-hydrogen) atoms. The van der Waals surface area contributed by atoms with Gasteiger partial charge in [0.1, 0.15) is 5.82 Å². The molecule has 0 aliphatic heterocycles. The van der Waals surface area contributed by atoms with Gasteiger partial charge in [-0.1, -0.05) is 19.9 Å². The second-order valence-electron chi connectivity index (χ2n) is 6.06. The molecule has 1 aromatic carbocycles. The van der Waals surface area contributed by atoms with Gasteiger partial charge in [-0.05, 0) is 43.0 Å². The molecule has 0 saturated heterocycles. The molecular weight excluding hydrogens is 319 g/mol. The van der Waals surface area contributed by atoms with Gasteiger partial charge in [0, 0.05) is 18.3 Å². The van der Waals surface area contributed by atoms with E-state index in [1.807, 2.05) is 20.8 Å². The van der Waals surface area contributed by atoms with Crippen molar-refractivity contribution in [2.24, 2.45) is 0 Å². The third kappa shape index (κ3) is 6.56. The van der Waals surface area contributed by atoms with E-state index in [9.17, 15) is 17.6 Å². The number of benzene rings is 1. The molecule has 0 bridgehead atoms. The van der Waals surface area contributed by atoms with Crippen LogP contribution in [0.4, 0.5) is 9.18 Å². The van der Waals surface area contributed by atoms with Gasteiger partial charge in [-0.2, -0.15) is 0 Å². The first-order valence-electron chi connectivity index (χ1n) is 7.59. The van der Waals surface area contributed by atoms with E-state index in [1.54, 1.807) is 0 Å². The Kier molecular flexibility index (Phi) is 6.56. The maximum Gasteiger partial charge on any atom is 0.315 e. The van der Waals surface area contributed by atoms with Crippen LogP contribution in [0.15, 0.2) is 18.2 Å². The quantitative estimate of drug-likeness (QED) is 0.798. The minimum absolute atomic E-state index is 0.0674. The fourth-order valence-corrected chi connectivity index (χ4v) is 2.95. The predicted octanol–water partition coefficient (Wildman–Crippen LogP) is 2.75. The number of sulfone groups is 1. The van der Waals surface area contributed by atoms with Crippen LogP contribution in [0, 0.1) is 5.82 Å². The van der Waals surface area contributed by atoms with Crippen molar-refractivity contribution in [3.8, 4) is 0 Å². The molecule has 7 heteroatoms. The summed E-state index contributed by atoms with van der Waals surface area (Å²) in [5, 5.41) is 5.55. The van der Waals surface area contributed by atoms with Gasteiger partial charge < -0.3 is 10.6 Å². The normalized spacial score (nSPS) is 12.0. The van der Waals surface area contributed by atoms with Crippen LogP contribution in [0.3, 0.4) is 0 Å². The topological polar surface area (TPSA) is 75.3 Å². The zero-order valence-electron chi connectivity index (χ0n) is 14.1. The summed E-state index contributed by atoms with van der Waals surface area (Å²) < 4.78 is 36.3. The summed E-state index contributed by atoms with van der Waals surface area (Å²) in [5.41, 5.74) is 0.643. The Morgan fingerprint density at radius 3 is 2.35 bits per heavy atom. The van der Waals surface area contributed by atoms with Crippen LogP contribution < -0.4 is 10.6 Å². The molecule has 0 atom stereocenters. The monoisotopic (exact) mass is 344 g/mol. The van der Waals surface area contributed by atoms with E-state index in [-0.39, 0.29) is 23.9 Å². The Morgan fingerprint density at radius 2 is 1.83 bits per heavy atom. The number of carbonyl (C=O) groups is 1. The Bertz CT molecular complexity index is 655. The summed E-state index contributed by atoms with van der Waals surface area (Å²) in [4.78, 5) is 12.0. The fraction of sp³-hybridized carbons (Fsp3) is 0.562. The van der Waals surface area contributed by atoms with Crippen LogP contribution in [-0.2, 0) is 22.1 Å². The van der Waals surface area contributed by atoms with Crippen molar-refractivity contribution in [2.75, 3.05) is 6.26 Å². The van der Waals surface area contributed by atoms with Gasteiger partial charge in [0.15, 0.2) is 9.84 Å².